The number of nitrogens with zero attached hydrogens (tertiary/aromatic N) is 1. The van der Waals surface area contributed by atoms with Crippen LogP contribution in [-0.4, -0.2) is 96.2 Å². The van der Waals surface area contributed by atoms with Crippen LogP contribution in [0.1, 0.15) is 0 Å². The highest BCUT2D eigenvalue weighted by Gasteiger charge is 2.28. The van der Waals surface area contributed by atoms with Crippen LogP contribution in [0.5, 0.6) is 0 Å². The molecule has 0 aromatic carbocycles. The number of morpholine rings is 1. The Labute approximate surface area is 107 Å². The highest BCUT2D eigenvalue weighted by molar-refractivity contribution is 4.87. The molecule has 7 nitrogen and oxygen atoms in total. The van der Waals surface area contributed by atoms with Crippen molar-refractivity contribution in [2.45, 2.75) is 11.6 Å². The minimum absolute atomic E-state index is 0.207. The summed E-state index contributed by atoms with van der Waals surface area (Å²) < 4.78 is 5.21. The molecule has 0 aromatic heterocycles. The fraction of sp³-hybridized carbons (Fsp3) is 1.00. The Morgan fingerprint density at radius 3 is 2.17 bits per heavy atom. The Morgan fingerprint density at radius 2 is 1.67 bits per heavy atom. The Balaban J connectivity index is 2.28. The van der Waals surface area contributed by atoms with Crippen molar-refractivity contribution in [2.75, 3.05) is 59.2 Å². The SMILES string of the molecule is OCC(CO)(CO)NCC(O)CN1CCOCC1. The van der Waals surface area contributed by atoms with Gasteiger partial charge < -0.3 is 30.5 Å². The number of nitrogens with one attached hydrogen (secondary N) is 1. The minimum Gasteiger partial charge on any atom is -0.394 e. The van der Waals surface area contributed by atoms with Gasteiger partial charge in [0.25, 0.3) is 0 Å². The van der Waals surface area contributed by atoms with Gasteiger partial charge in [0.15, 0.2) is 0 Å². The molecule has 0 aromatic rings. The molecule has 5 N–H and O–H groups in total. The fourth-order valence-electron chi connectivity index (χ4n) is 1.80. The lowest BCUT2D eigenvalue weighted by Crippen LogP contribution is -2.57. The summed E-state index contributed by atoms with van der Waals surface area (Å²) in [5.41, 5.74) is -1.13. The second-order valence-corrected chi connectivity index (χ2v) is 4.70. The van der Waals surface area contributed by atoms with Crippen LogP contribution < -0.4 is 5.32 Å². The molecule has 1 unspecified atom stereocenters. The summed E-state index contributed by atoms with van der Waals surface area (Å²) in [6, 6.07) is 0. The third-order valence-corrected chi connectivity index (χ3v) is 3.19. The molecule has 0 aliphatic carbocycles. The zero-order valence-electron chi connectivity index (χ0n) is 10.6. The number of rotatable bonds is 8. The van der Waals surface area contributed by atoms with E-state index in [0.717, 1.165) is 13.1 Å². The molecule has 1 rings (SSSR count). The van der Waals surface area contributed by atoms with Gasteiger partial charge in [-0.2, -0.15) is 0 Å². The van der Waals surface area contributed by atoms with Gasteiger partial charge in [0.1, 0.15) is 0 Å². The first kappa shape index (κ1) is 15.8. The van der Waals surface area contributed by atoms with Gasteiger partial charge >= 0.3 is 0 Å². The van der Waals surface area contributed by atoms with Crippen LogP contribution in [0.3, 0.4) is 0 Å². The van der Waals surface area contributed by atoms with Gasteiger partial charge in [-0.05, 0) is 0 Å². The van der Waals surface area contributed by atoms with Crippen LogP contribution in [0.15, 0.2) is 0 Å². The molecule has 1 aliphatic heterocycles. The highest BCUT2D eigenvalue weighted by Crippen LogP contribution is 2.03. The Bertz CT molecular complexity index is 211. The zero-order valence-corrected chi connectivity index (χ0v) is 10.6. The second-order valence-electron chi connectivity index (χ2n) is 4.70. The van der Waals surface area contributed by atoms with Crippen LogP contribution in [-0.2, 0) is 4.74 Å². The topological polar surface area (TPSA) is 105 Å². The van der Waals surface area contributed by atoms with E-state index in [4.69, 9.17) is 20.1 Å². The van der Waals surface area contributed by atoms with Crippen molar-refractivity contribution in [3.05, 3.63) is 0 Å². The van der Waals surface area contributed by atoms with E-state index in [1.807, 2.05) is 0 Å². The van der Waals surface area contributed by atoms with Crippen LogP contribution in [0.2, 0.25) is 0 Å². The molecule has 0 saturated carbocycles. The normalized spacial score (nSPS) is 20.0. The van der Waals surface area contributed by atoms with Crippen molar-refractivity contribution in [1.29, 1.82) is 0 Å². The summed E-state index contributed by atoms with van der Waals surface area (Å²) in [4.78, 5) is 2.09. The van der Waals surface area contributed by atoms with Crippen LogP contribution in [0.25, 0.3) is 0 Å². The molecule has 7 heteroatoms. The van der Waals surface area contributed by atoms with Crippen LogP contribution >= 0.6 is 0 Å². The predicted octanol–water partition coefficient (Wildman–Crippen LogP) is -3.02. The first-order valence-corrected chi connectivity index (χ1v) is 6.21. The molecule has 0 amide bonds. The zero-order chi connectivity index (χ0) is 13.4. The smallest absolute Gasteiger partial charge is 0.0882 e. The number of aliphatic hydroxyl groups excluding tert-OH is 4. The number of hydrogen-bond acceptors (Lipinski definition) is 7. The molecule has 1 saturated heterocycles. The second kappa shape index (κ2) is 8.00. The molecule has 0 bridgehead atoms. The molecule has 0 spiro atoms. The summed E-state index contributed by atoms with van der Waals surface area (Å²) in [6.45, 7) is 2.50. The van der Waals surface area contributed by atoms with Crippen molar-refractivity contribution in [3.63, 3.8) is 0 Å². The standard InChI is InChI=1S/C11H24N2O5/c14-7-11(8-15,9-16)12-5-10(17)6-13-1-3-18-4-2-13/h10,12,14-17H,1-9H2. The quantitative estimate of drug-likeness (QED) is 0.318. The molecular weight excluding hydrogens is 240 g/mol. The minimum atomic E-state index is -1.13. The Kier molecular flexibility index (Phi) is 7.02. The summed E-state index contributed by atoms with van der Waals surface area (Å²) in [5.74, 6) is 0. The molecule has 0 radical (unpaired) electrons. The summed E-state index contributed by atoms with van der Waals surface area (Å²) in [7, 11) is 0. The monoisotopic (exact) mass is 264 g/mol. The maximum Gasteiger partial charge on any atom is 0.0882 e. The lowest BCUT2D eigenvalue weighted by atomic mass is 10.0. The lowest BCUT2D eigenvalue weighted by molar-refractivity contribution is 0.00428. The van der Waals surface area contributed by atoms with E-state index in [1.165, 1.54) is 0 Å². The van der Waals surface area contributed by atoms with E-state index in [-0.39, 0.29) is 26.4 Å². The molecule has 1 fully saturated rings. The molecule has 1 atom stereocenters. The molecule has 1 aliphatic rings. The summed E-state index contributed by atoms with van der Waals surface area (Å²) in [5, 5.41) is 40.0. The Morgan fingerprint density at radius 1 is 1.11 bits per heavy atom. The van der Waals surface area contributed by atoms with E-state index >= 15 is 0 Å². The van der Waals surface area contributed by atoms with E-state index < -0.39 is 11.6 Å². The molecule has 108 valence electrons. The fourth-order valence-corrected chi connectivity index (χ4v) is 1.80. The number of β-amino-alcohol motifs (C(OH)–C–C–N with tert-alkyl or cyclic N) is 1. The summed E-state index contributed by atoms with van der Waals surface area (Å²) in [6.07, 6.45) is -0.618. The molecule has 1 heterocycles. The van der Waals surface area contributed by atoms with Gasteiger partial charge in [0.05, 0.1) is 44.7 Å². The van der Waals surface area contributed by atoms with E-state index in [2.05, 4.69) is 10.2 Å². The van der Waals surface area contributed by atoms with Crippen LogP contribution in [0.4, 0.5) is 0 Å². The lowest BCUT2D eigenvalue weighted by Gasteiger charge is -2.32. The van der Waals surface area contributed by atoms with Crippen molar-refractivity contribution in [2.24, 2.45) is 0 Å². The molecular formula is C11H24N2O5. The highest BCUT2D eigenvalue weighted by atomic mass is 16.5. The van der Waals surface area contributed by atoms with Crippen LogP contribution in [0, 0.1) is 0 Å². The number of ether oxygens (including phenoxy) is 1. The third kappa shape index (κ3) is 4.77. The average molecular weight is 264 g/mol. The predicted molar refractivity (Wildman–Crippen MR) is 65.3 cm³/mol. The maximum absolute atomic E-state index is 9.86. The van der Waals surface area contributed by atoms with E-state index in [1.54, 1.807) is 0 Å². The van der Waals surface area contributed by atoms with E-state index in [0.29, 0.717) is 19.8 Å². The van der Waals surface area contributed by atoms with E-state index in [9.17, 15) is 5.11 Å². The maximum atomic E-state index is 9.86. The first-order chi connectivity index (χ1) is 8.65. The van der Waals surface area contributed by atoms with Gasteiger partial charge in [0, 0.05) is 26.2 Å². The van der Waals surface area contributed by atoms with Gasteiger partial charge in [-0.15, -0.1) is 0 Å². The van der Waals surface area contributed by atoms with Gasteiger partial charge in [-0.3, -0.25) is 4.90 Å². The van der Waals surface area contributed by atoms with Crippen molar-refractivity contribution >= 4 is 0 Å². The summed E-state index contributed by atoms with van der Waals surface area (Å²) >= 11 is 0. The number of aliphatic hydroxyl groups is 4. The third-order valence-electron chi connectivity index (χ3n) is 3.19. The number of hydrogen-bond donors (Lipinski definition) is 5. The first-order valence-electron chi connectivity index (χ1n) is 6.21. The van der Waals surface area contributed by atoms with Gasteiger partial charge in [0.2, 0.25) is 0 Å². The largest absolute Gasteiger partial charge is 0.394 e. The van der Waals surface area contributed by atoms with Gasteiger partial charge in [-0.1, -0.05) is 0 Å². The Hall–Kier alpha value is -0.280. The van der Waals surface area contributed by atoms with Crippen molar-refractivity contribution < 1.29 is 25.2 Å². The average Bonchev–Trinajstić information content (AvgIpc) is 2.42. The van der Waals surface area contributed by atoms with Crippen molar-refractivity contribution in [1.82, 2.24) is 10.2 Å². The van der Waals surface area contributed by atoms with Gasteiger partial charge in [-0.25, -0.2) is 0 Å². The van der Waals surface area contributed by atoms with Crippen molar-refractivity contribution in [3.8, 4) is 0 Å². The molecule has 18 heavy (non-hydrogen) atoms.